The van der Waals surface area contributed by atoms with Crippen LogP contribution < -0.4 is 0 Å². The molecule has 0 aromatic carbocycles. The van der Waals surface area contributed by atoms with Crippen LogP contribution in [0.15, 0.2) is 0 Å². The van der Waals surface area contributed by atoms with E-state index in [1.165, 1.54) is 4.31 Å². The fourth-order valence-corrected chi connectivity index (χ4v) is 3.62. The maximum absolute atomic E-state index is 12.0. The smallest absolute Gasteiger partial charge is 0.214 e. The summed E-state index contributed by atoms with van der Waals surface area (Å²) in [5.41, 5.74) is 0. The Kier molecular flexibility index (Phi) is 5.17. The van der Waals surface area contributed by atoms with E-state index >= 15 is 0 Å². The van der Waals surface area contributed by atoms with Gasteiger partial charge in [-0.2, -0.15) is 4.31 Å². The van der Waals surface area contributed by atoms with E-state index < -0.39 is 10.0 Å². The largest absolute Gasteiger partial charge is 0.396 e. The molecular weight excluding hydrogens is 230 g/mol. The lowest BCUT2D eigenvalue weighted by molar-refractivity contribution is -0.0170. The van der Waals surface area contributed by atoms with Gasteiger partial charge in [0, 0.05) is 19.2 Å². The van der Waals surface area contributed by atoms with Crippen molar-refractivity contribution in [3.8, 4) is 0 Å². The molecule has 1 saturated heterocycles. The first-order valence-electron chi connectivity index (χ1n) is 5.69. The number of aliphatic hydroxyl groups excluding tert-OH is 1. The molecule has 0 bridgehead atoms. The van der Waals surface area contributed by atoms with Gasteiger partial charge in [-0.05, 0) is 26.7 Å². The van der Waals surface area contributed by atoms with Crippen molar-refractivity contribution in [2.24, 2.45) is 0 Å². The first-order valence-corrected chi connectivity index (χ1v) is 7.30. The van der Waals surface area contributed by atoms with Crippen LogP contribution >= 0.6 is 0 Å². The zero-order chi connectivity index (χ0) is 12.2. The lowest BCUT2D eigenvalue weighted by Gasteiger charge is -2.35. The third kappa shape index (κ3) is 3.69. The summed E-state index contributed by atoms with van der Waals surface area (Å²) in [5, 5.41) is 8.64. The highest BCUT2D eigenvalue weighted by molar-refractivity contribution is 7.89. The van der Waals surface area contributed by atoms with Gasteiger partial charge in [0.05, 0.1) is 18.5 Å². The highest BCUT2D eigenvalue weighted by atomic mass is 32.2. The van der Waals surface area contributed by atoms with Crippen LogP contribution in [0.1, 0.15) is 26.7 Å². The highest BCUT2D eigenvalue weighted by Gasteiger charge is 2.32. The van der Waals surface area contributed by atoms with E-state index in [0.29, 0.717) is 26.0 Å². The molecule has 1 N–H and O–H groups in total. The predicted octanol–water partition coefficient (Wildman–Crippen LogP) is 0.198. The molecule has 96 valence electrons. The summed E-state index contributed by atoms with van der Waals surface area (Å²) in [6, 6.07) is -0.0877. The molecule has 1 fully saturated rings. The van der Waals surface area contributed by atoms with E-state index in [9.17, 15) is 8.42 Å². The van der Waals surface area contributed by atoms with Crippen molar-refractivity contribution in [1.29, 1.82) is 0 Å². The van der Waals surface area contributed by atoms with Crippen LogP contribution in [0.3, 0.4) is 0 Å². The second-order valence-electron chi connectivity index (χ2n) is 4.31. The minimum absolute atomic E-state index is 0.0381. The molecule has 2 atom stereocenters. The van der Waals surface area contributed by atoms with Gasteiger partial charge < -0.3 is 9.84 Å². The number of hydrogen-bond donors (Lipinski definition) is 1. The van der Waals surface area contributed by atoms with Gasteiger partial charge >= 0.3 is 0 Å². The van der Waals surface area contributed by atoms with Crippen LogP contribution in [0.4, 0.5) is 0 Å². The Hall–Kier alpha value is -0.170. The van der Waals surface area contributed by atoms with Gasteiger partial charge in [-0.1, -0.05) is 0 Å². The molecule has 1 rings (SSSR count). The van der Waals surface area contributed by atoms with Crippen molar-refractivity contribution >= 4 is 10.0 Å². The molecule has 1 heterocycles. The van der Waals surface area contributed by atoms with Crippen LogP contribution in [0.2, 0.25) is 0 Å². The fraction of sp³-hybridized carbons (Fsp3) is 1.00. The van der Waals surface area contributed by atoms with Crippen molar-refractivity contribution in [2.45, 2.75) is 38.8 Å². The highest BCUT2D eigenvalue weighted by Crippen LogP contribution is 2.17. The van der Waals surface area contributed by atoms with E-state index in [1.54, 1.807) is 0 Å². The van der Waals surface area contributed by atoms with Crippen molar-refractivity contribution < 1.29 is 18.3 Å². The maximum atomic E-state index is 12.0. The van der Waals surface area contributed by atoms with Gasteiger partial charge in [-0.25, -0.2) is 8.42 Å². The molecule has 0 aliphatic carbocycles. The molecular formula is C10H21NO4S. The van der Waals surface area contributed by atoms with E-state index in [-0.39, 0.29) is 24.5 Å². The SMILES string of the molecule is CC1CN(S(=O)(=O)CCCCO)C(C)CO1. The molecule has 0 spiro atoms. The number of ether oxygens (including phenoxy) is 1. The molecule has 1 aliphatic rings. The lowest BCUT2D eigenvalue weighted by atomic mass is 10.2. The second-order valence-corrected chi connectivity index (χ2v) is 6.35. The number of aliphatic hydroxyl groups is 1. The molecule has 0 amide bonds. The van der Waals surface area contributed by atoms with Gasteiger partial charge in [0.1, 0.15) is 0 Å². The Balaban J connectivity index is 2.58. The third-order valence-electron chi connectivity index (χ3n) is 2.72. The predicted molar refractivity (Wildman–Crippen MR) is 61.7 cm³/mol. The average molecular weight is 251 g/mol. The first kappa shape index (κ1) is 13.9. The molecule has 1 aliphatic heterocycles. The Labute approximate surface area is 97.4 Å². The van der Waals surface area contributed by atoms with E-state index in [4.69, 9.17) is 9.84 Å². The minimum atomic E-state index is -3.20. The Morgan fingerprint density at radius 2 is 2.06 bits per heavy atom. The topological polar surface area (TPSA) is 66.8 Å². The van der Waals surface area contributed by atoms with E-state index in [2.05, 4.69) is 0 Å². The zero-order valence-corrected chi connectivity index (χ0v) is 10.7. The number of nitrogens with zero attached hydrogens (tertiary/aromatic N) is 1. The number of sulfonamides is 1. The number of morpholine rings is 1. The van der Waals surface area contributed by atoms with Crippen LogP contribution in [0.25, 0.3) is 0 Å². The van der Waals surface area contributed by atoms with Crippen molar-refractivity contribution in [3.05, 3.63) is 0 Å². The molecule has 0 saturated carbocycles. The summed E-state index contributed by atoms with van der Waals surface area (Å²) in [6.45, 7) is 4.67. The monoisotopic (exact) mass is 251 g/mol. The summed E-state index contributed by atoms with van der Waals surface area (Å²) >= 11 is 0. The summed E-state index contributed by atoms with van der Waals surface area (Å²) in [4.78, 5) is 0. The summed E-state index contributed by atoms with van der Waals surface area (Å²) in [6.07, 6.45) is 1.01. The van der Waals surface area contributed by atoms with Crippen molar-refractivity contribution in [2.75, 3.05) is 25.5 Å². The standard InChI is InChI=1S/C10H21NO4S/c1-9-8-15-10(2)7-11(9)16(13,14)6-4-3-5-12/h9-10,12H,3-8H2,1-2H3. The first-order chi connectivity index (χ1) is 7.47. The Morgan fingerprint density at radius 3 is 2.69 bits per heavy atom. The number of unbranched alkanes of at least 4 members (excludes halogenated alkanes) is 1. The quantitative estimate of drug-likeness (QED) is 0.709. The van der Waals surface area contributed by atoms with Gasteiger partial charge in [0.15, 0.2) is 0 Å². The fourth-order valence-electron chi connectivity index (χ4n) is 1.77. The van der Waals surface area contributed by atoms with Gasteiger partial charge in [-0.3, -0.25) is 0 Å². The maximum Gasteiger partial charge on any atom is 0.214 e. The second kappa shape index (κ2) is 5.95. The zero-order valence-electron chi connectivity index (χ0n) is 9.92. The number of rotatable bonds is 5. The Morgan fingerprint density at radius 1 is 1.38 bits per heavy atom. The van der Waals surface area contributed by atoms with Crippen molar-refractivity contribution in [3.63, 3.8) is 0 Å². The third-order valence-corrected chi connectivity index (χ3v) is 4.75. The van der Waals surface area contributed by atoms with Crippen LogP contribution in [-0.4, -0.2) is 55.5 Å². The molecule has 0 aromatic rings. The van der Waals surface area contributed by atoms with E-state index in [1.807, 2.05) is 13.8 Å². The minimum Gasteiger partial charge on any atom is -0.396 e. The van der Waals surface area contributed by atoms with E-state index in [0.717, 1.165) is 0 Å². The van der Waals surface area contributed by atoms with Gasteiger partial charge in [-0.15, -0.1) is 0 Å². The van der Waals surface area contributed by atoms with Crippen LogP contribution in [0.5, 0.6) is 0 Å². The van der Waals surface area contributed by atoms with Gasteiger partial charge in [0.2, 0.25) is 10.0 Å². The normalized spacial score (nSPS) is 28.2. The molecule has 0 aromatic heterocycles. The molecule has 16 heavy (non-hydrogen) atoms. The summed E-state index contributed by atoms with van der Waals surface area (Å²) in [5.74, 6) is 0.116. The van der Waals surface area contributed by atoms with Crippen LogP contribution in [0, 0.1) is 0 Å². The number of hydrogen-bond acceptors (Lipinski definition) is 4. The lowest BCUT2D eigenvalue weighted by Crippen LogP contribution is -2.50. The van der Waals surface area contributed by atoms with Crippen molar-refractivity contribution in [1.82, 2.24) is 4.31 Å². The van der Waals surface area contributed by atoms with Gasteiger partial charge in [0.25, 0.3) is 0 Å². The molecule has 5 nitrogen and oxygen atoms in total. The molecule has 6 heteroatoms. The molecule has 2 unspecified atom stereocenters. The Bertz CT molecular complexity index is 304. The van der Waals surface area contributed by atoms with Crippen LogP contribution in [-0.2, 0) is 14.8 Å². The average Bonchev–Trinajstić information content (AvgIpc) is 2.22. The summed E-state index contributed by atoms with van der Waals surface area (Å²) in [7, 11) is -3.20. The summed E-state index contributed by atoms with van der Waals surface area (Å²) < 4.78 is 30.9. The molecule has 0 radical (unpaired) electrons.